The van der Waals surface area contributed by atoms with Crippen molar-refractivity contribution < 1.29 is 64.2 Å². The van der Waals surface area contributed by atoms with Gasteiger partial charge in [0.1, 0.15) is 0 Å². The van der Waals surface area contributed by atoms with Crippen LogP contribution in [0.15, 0.2) is 0 Å². The maximum absolute atomic E-state index is 10.2. The van der Waals surface area contributed by atoms with Crippen LogP contribution >= 0.6 is 0 Å². The summed E-state index contributed by atoms with van der Waals surface area (Å²) in [5, 5.41) is 16.7. The normalized spacial score (nSPS) is 10.3. The number of hydrogen-bond donors (Lipinski definition) is 2. The Labute approximate surface area is 192 Å². The Kier molecular flexibility index (Phi) is 29.2. The van der Waals surface area contributed by atoms with E-state index < -0.39 is 11.9 Å². The Balaban J connectivity index is -0.000000108. The monoisotopic (exact) mass is 488 g/mol. The molecule has 0 unspecified atom stereocenters. The second kappa shape index (κ2) is 20.9. The van der Waals surface area contributed by atoms with Gasteiger partial charge in [-0.05, 0) is 36.5 Å². The minimum absolute atomic E-state index is 0. The third-order valence-electron chi connectivity index (χ3n) is 3.63. The fraction of sp³-hybridized carbons (Fsp3) is 0.900. The first kappa shape index (κ1) is 37.8. The minimum Gasteiger partial charge on any atom is -2.00 e. The molecular weight excluding hydrogens is 451 g/mol. The number of aliphatic carboxylic acids is 2. The molecule has 0 aromatic carbocycles. The predicted molar refractivity (Wildman–Crippen MR) is 101 cm³/mol. The molecule has 0 aromatic rings. The molecule has 2 N–H and O–H groups in total. The molecule has 0 atom stereocenters. The van der Waals surface area contributed by atoms with Crippen LogP contribution in [0.5, 0.6) is 0 Å². The summed E-state index contributed by atoms with van der Waals surface area (Å²) in [6.45, 7) is 13.3. The van der Waals surface area contributed by atoms with Crippen molar-refractivity contribution in [2.24, 2.45) is 10.8 Å². The first-order chi connectivity index (χ1) is 10.8. The molecule has 0 bridgehead atoms. The quantitative estimate of drug-likeness (QED) is 0.289. The van der Waals surface area contributed by atoms with Crippen LogP contribution in [0.25, 0.3) is 0 Å². The third-order valence-corrected chi connectivity index (χ3v) is 3.63. The SMILES string of the molecule is CC(C)(C)CCCCCC(=O)O.CC(C)(C)CCCCCC(=O)O.[O-2].[Zn+2].[Zn+2]. The molecule has 0 fully saturated rings. The molecule has 0 rings (SSSR count). The van der Waals surface area contributed by atoms with Crippen molar-refractivity contribution in [1.29, 1.82) is 0 Å². The molecule has 0 saturated carbocycles. The van der Waals surface area contributed by atoms with Crippen LogP contribution in [0, 0.1) is 10.8 Å². The molecule has 0 amide bonds. The van der Waals surface area contributed by atoms with E-state index in [1.54, 1.807) is 0 Å². The first-order valence-electron chi connectivity index (χ1n) is 9.27. The molecule has 27 heavy (non-hydrogen) atoms. The molecule has 7 heteroatoms. The van der Waals surface area contributed by atoms with Crippen LogP contribution in [-0.2, 0) is 54.0 Å². The van der Waals surface area contributed by atoms with Crippen LogP contribution in [0.1, 0.15) is 106 Å². The van der Waals surface area contributed by atoms with Gasteiger partial charge in [-0.3, -0.25) is 9.59 Å². The Morgan fingerprint density at radius 3 is 1.04 bits per heavy atom. The fourth-order valence-electron chi connectivity index (χ4n) is 2.22. The van der Waals surface area contributed by atoms with Gasteiger partial charge in [0.2, 0.25) is 0 Å². The summed E-state index contributed by atoms with van der Waals surface area (Å²) >= 11 is 0. The molecular formula is C20H40O5Zn2+2. The Hall–Kier alpha value is 0.147. The van der Waals surface area contributed by atoms with E-state index in [0.717, 1.165) is 38.5 Å². The summed E-state index contributed by atoms with van der Waals surface area (Å²) in [6.07, 6.45) is 9.06. The second-order valence-electron chi connectivity index (χ2n) is 9.03. The molecule has 0 saturated heterocycles. The Morgan fingerprint density at radius 2 is 0.852 bits per heavy atom. The molecule has 152 valence electrons. The van der Waals surface area contributed by atoms with Crippen molar-refractivity contribution in [1.82, 2.24) is 0 Å². The van der Waals surface area contributed by atoms with Crippen LogP contribution in [0.3, 0.4) is 0 Å². The van der Waals surface area contributed by atoms with Gasteiger partial charge in [-0.15, -0.1) is 0 Å². The van der Waals surface area contributed by atoms with Crippen molar-refractivity contribution >= 4 is 11.9 Å². The van der Waals surface area contributed by atoms with Crippen LogP contribution in [-0.4, -0.2) is 22.2 Å². The molecule has 0 aliphatic carbocycles. The van der Waals surface area contributed by atoms with Gasteiger partial charge >= 0.3 is 50.9 Å². The van der Waals surface area contributed by atoms with Gasteiger partial charge in [-0.1, -0.05) is 67.2 Å². The van der Waals surface area contributed by atoms with E-state index in [2.05, 4.69) is 41.5 Å². The average molecular weight is 491 g/mol. The summed E-state index contributed by atoms with van der Waals surface area (Å²) in [6, 6.07) is 0. The van der Waals surface area contributed by atoms with Crippen molar-refractivity contribution in [2.45, 2.75) is 106 Å². The zero-order valence-electron chi connectivity index (χ0n) is 18.6. The summed E-state index contributed by atoms with van der Waals surface area (Å²) in [4.78, 5) is 20.3. The maximum atomic E-state index is 10.2. The van der Waals surface area contributed by atoms with E-state index in [-0.39, 0.29) is 44.4 Å². The number of carboxylic acid groups (broad SMARTS) is 2. The van der Waals surface area contributed by atoms with Crippen LogP contribution in [0.2, 0.25) is 0 Å². The largest absolute Gasteiger partial charge is 2.00 e. The smallest absolute Gasteiger partial charge is 2.00 e. The van der Waals surface area contributed by atoms with E-state index >= 15 is 0 Å². The predicted octanol–water partition coefficient (Wildman–Crippen LogP) is 6.01. The van der Waals surface area contributed by atoms with Gasteiger partial charge in [0.05, 0.1) is 0 Å². The molecule has 5 nitrogen and oxygen atoms in total. The van der Waals surface area contributed by atoms with Crippen molar-refractivity contribution in [3.63, 3.8) is 0 Å². The average Bonchev–Trinajstić information content (AvgIpc) is 2.35. The van der Waals surface area contributed by atoms with Gasteiger partial charge in [0, 0.05) is 12.8 Å². The zero-order valence-corrected chi connectivity index (χ0v) is 24.5. The van der Waals surface area contributed by atoms with Gasteiger partial charge in [-0.2, -0.15) is 0 Å². The summed E-state index contributed by atoms with van der Waals surface area (Å²) in [7, 11) is 0. The van der Waals surface area contributed by atoms with E-state index in [9.17, 15) is 9.59 Å². The van der Waals surface area contributed by atoms with Crippen molar-refractivity contribution in [3.8, 4) is 0 Å². The molecule has 0 radical (unpaired) electrons. The van der Waals surface area contributed by atoms with Crippen molar-refractivity contribution in [3.05, 3.63) is 0 Å². The van der Waals surface area contributed by atoms with E-state index in [4.69, 9.17) is 10.2 Å². The summed E-state index contributed by atoms with van der Waals surface area (Å²) in [5.41, 5.74) is 0.784. The van der Waals surface area contributed by atoms with E-state index in [1.165, 1.54) is 12.8 Å². The molecule has 0 heterocycles. The number of unbranched alkanes of at least 4 members (excludes halogenated alkanes) is 4. The number of carboxylic acids is 2. The molecule has 0 aliphatic heterocycles. The molecule has 0 spiro atoms. The minimum atomic E-state index is -0.675. The number of carbonyl (C=O) groups is 2. The van der Waals surface area contributed by atoms with Gasteiger partial charge < -0.3 is 15.7 Å². The van der Waals surface area contributed by atoms with Gasteiger partial charge in [0.25, 0.3) is 0 Å². The van der Waals surface area contributed by atoms with Crippen LogP contribution in [0.4, 0.5) is 0 Å². The van der Waals surface area contributed by atoms with Gasteiger partial charge in [0.15, 0.2) is 0 Å². The Morgan fingerprint density at radius 1 is 0.593 bits per heavy atom. The van der Waals surface area contributed by atoms with Gasteiger partial charge in [-0.25, -0.2) is 0 Å². The summed E-state index contributed by atoms with van der Waals surface area (Å²) in [5.74, 6) is -1.35. The first-order valence-corrected chi connectivity index (χ1v) is 9.27. The topological polar surface area (TPSA) is 103 Å². The standard InChI is InChI=1S/2C10H20O2.O.2Zn/c2*1-10(2,3)8-6-4-5-7-9(11)12;;;/h2*4-8H2,1-3H3,(H,11,12);;;/q;;-2;2*+2. The maximum Gasteiger partial charge on any atom is 2.00 e. The zero-order chi connectivity index (χ0) is 19.2. The van der Waals surface area contributed by atoms with Crippen molar-refractivity contribution in [2.75, 3.05) is 0 Å². The van der Waals surface area contributed by atoms with Crippen LogP contribution < -0.4 is 0 Å². The summed E-state index contributed by atoms with van der Waals surface area (Å²) < 4.78 is 0. The fourth-order valence-corrected chi connectivity index (χ4v) is 2.22. The second-order valence-corrected chi connectivity index (χ2v) is 9.03. The molecule has 0 aliphatic rings. The number of rotatable bonds is 10. The molecule has 0 aromatic heterocycles. The third kappa shape index (κ3) is 46.3. The Bertz CT molecular complexity index is 313. The van der Waals surface area contributed by atoms with E-state index in [1.807, 2.05) is 0 Å². The van der Waals surface area contributed by atoms with E-state index in [0.29, 0.717) is 23.7 Å². The number of hydrogen-bond acceptors (Lipinski definition) is 2.